The van der Waals surface area contributed by atoms with Crippen molar-refractivity contribution in [1.82, 2.24) is 9.78 Å². The van der Waals surface area contributed by atoms with Gasteiger partial charge in [-0.1, -0.05) is 18.2 Å². The molecule has 1 N–H and O–H groups in total. The number of hydrogen-bond donors (Lipinski definition) is 1. The predicted octanol–water partition coefficient (Wildman–Crippen LogP) is 1.81. The van der Waals surface area contributed by atoms with Crippen LogP contribution in [0.2, 0.25) is 0 Å². The molecule has 0 fully saturated rings. The molecule has 0 saturated carbocycles. The van der Waals surface area contributed by atoms with E-state index in [-0.39, 0.29) is 6.42 Å². The molecular weight excluding hydrogens is 204 g/mol. The summed E-state index contributed by atoms with van der Waals surface area (Å²) >= 11 is 0. The molecule has 0 spiro atoms. The fourth-order valence-corrected chi connectivity index (χ4v) is 1.63. The van der Waals surface area contributed by atoms with Gasteiger partial charge in [0.1, 0.15) is 0 Å². The van der Waals surface area contributed by atoms with Gasteiger partial charge in [-0.3, -0.25) is 4.79 Å². The maximum Gasteiger partial charge on any atom is 0.309 e. The van der Waals surface area contributed by atoms with Crippen molar-refractivity contribution < 1.29 is 9.90 Å². The van der Waals surface area contributed by atoms with Crippen LogP contribution in [-0.4, -0.2) is 20.9 Å². The van der Waals surface area contributed by atoms with Gasteiger partial charge in [0, 0.05) is 0 Å². The van der Waals surface area contributed by atoms with Gasteiger partial charge in [0.15, 0.2) is 0 Å². The largest absolute Gasteiger partial charge is 0.481 e. The molecule has 1 aromatic carbocycles. The van der Waals surface area contributed by atoms with E-state index in [4.69, 9.17) is 5.11 Å². The Bertz CT molecular complexity index is 503. The Kier molecular flexibility index (Phi) is 2.72. The first-order valence-corrected chi connectivity index (χ1v) is 4.99. The van der Waals surface area contributed by atoms with E-state index in [0.29, 0.717) is 5.69 Å². The Morgan fingerprint density at radius 2 is 2.06 bits per heavy atom. The second-order valence-electron chi connectivity index (χ2n) is 3.59. The van der Waals surface area contributed by atoms with Crippen molar-refractivity contribution in [2.45, 2.75) is 13.3 Å². The highest BCUT2D eigenvalue weighted by Crippen LogP contribution is 2.12. The quantitative estimate of drug-likeness (QED) is 0.851. The molecule has 16 heavy (non-hydrogen) atoms. The highest BCUT2D eigenvalue weighted by Gasteiger charge is 2.10. The molecule has 0 aliphatic heterocycles. The Morgan fingerprint density at radius 3 is 2.69 bits per heavy atom. The number of hydrogen-bond acceptors (Lipinski definition) is 2. The van der Waals surface area contributed by atoms with Gasteiger partial charge in [-0.05, 0) is 25.1 Å². The summed E-state index contributed by atoms with van der Waals surface area (Å²) in [7, 11) is 0. The predicted molar refractivity (Wildman–Crippen MR) is 59.6 cm³/mol. The monoisotopic (exact) mass is 216 g/mol. The molecule has 2 rings (SSSR count). The van der Waals surface area contributed by atoms with Crippen molar-refractivity contribution in [3.8, 4) is 5.69 Å². The van der Waals surface area contributed by atoms with Gasteiger partial charge >= 0.3 is 5.97 Å². The highest BCUT2D eigenvalue weighted by molar-refractivity contribution is 5.69. The maximum atomic E-state index is 10.7. The van der Waals surface area contributed by atoms with Crippen LogP contribution < -0.4 is 0 Å². The van der Waals surface area contributed by atoms with Gasteiger partial charge < -0.3 is 5.11 Å². The number of rotatable bonds is 3. The lowest BCUT2D eigenvalue weighted by Gasteiger charge is -2.04. The van der Waals surface area contributed by atoms with Gasteiger partial charge in [0.2, 0.25) is 0 Å². The van der Waals surface area contributed by atoms with Gasteiger partial charge in [-0.2, -0.15) is 5.10 Å². The minimum Gasteiger partial charge on any atom is -0.481 e. The number of nitrogens with zero attached hydrogens (tertiary/aromatic N) is 2. The third kappa shape index (κ3) is 2.11. The van der Waals surface area contributed by atoms with Crippen molar-refractivity contribution in [1.29, 1.82) is 0 Å². The summed E-state index contributed by atoms with van der Waals surface area (Å²) < 4.78 is 1.67. The van der Waals surface area contributed by atoms with E-state index in [2.05, 4.69) is 5.10 Å². The number of carboxylic acids is 1. The lowest BCUT2D eigenvalue weighted by molar-refractivity contribution is -0.136. The minimum absolute atomic E-state index is 0.0181. The summed E-state index contributed by atoms with van der Waals surface area (Å²) in [4.78, 5) is 10.7. The normalized spacial score (nSPS) is 10.3. The van der Waals surface area contributed by atoms with Gasteiger partial charge in [0.25, 0.3) is 0 Å². The van der Waals surface area contributed by atoms with E-state index < -0.39 is 5.97 Å². The second-order valence-corrected chi connectivity index (χ2v) is 3.59. The van der Waals surface area contributed by atoms with Crippen molar-refractivity contribution >= 4 is 5.97 Å². The number of para-hydroxylation sites is 1. The Morgan fingerprint density at radius 1 is 1.38 bits per heavy atom. The molecular formula is C12H12N2O2. The molecule has 2 aromatic rings. The molecule has 0 atom stereocenters. The van der Waals surface area contributed by atoms with E-state index >= 15 is 0 Å². The SMILES string of the molecule is Cc1cc(CC(=O)O)n(-c2ccccc2)n1. The summed E-state index contributed by atoms with van der Waals surface area (Å²) in [6, 6.07) is 11.3. The number of carbonyl (C=O) groups is 1. The van der Waals surface area contributed by atoms with E-state index in [1.54, 1.807) is 10.7 Å². The van der Waals surface area contributed by atoms with Crippen LogP contribution in [0.1, 0.15) is 11.4 Å². The molecule has 1 heterocycles. The fourth-order valence-electron chi connectivity index (χ4n) is 1.63. The van der Waals surface area contributed by atoms with Gasteiger partial charge in [-0.15, -0.1) is 0 Å². The summed E-state index contributed by atoms with van der Waals surface area (Å²) in [5.74, 6) is -0.850. The van der Waals surface area contributed by atoms with Crippen molar-refractivity contribution in [3.05, 3.63) is 47.8 Å². The van der Waals surface area contributed by atoms with E-state index in [9.17, 15) is 4.79 Å². The molecule has 1 aromatic heterocycles. The van der Waals surface area contributed by atoms with Crippen LogP contribution in [0.3, 0.4) is 0 Å². The van der Waals surface area contributed by atoms with Crippen LogP contribution in [0.5, 0.6) is 0 Å². The van der Waals surface area contributed by atoms with Crippen LogP contribution in [0, 0.1) is 6.92 Å². The van der Waals surface area contributed by atoms with E-state index in [1.807, 2.05) is 37.3 Å². The molecule has 0 amide bonds. The van der Waals surface area contributed by atoms with Crippen LogP contribution in [-0.2, 0) is 11.2 Å². The van der Waals surface area contributed by atoms with Crippen molar-refractivity contribution in [2.24, 2.45) is 0 Å². The summed E-state index contributed by atoms with van der Waals surface area (Å²) in [5, 5.41) is 13.1. The van der Waals surface area contributed by atoms with Crippen LogP contribution >= 0.6 is 0 Å². The molecule has 82 valence electrons. The third-order valence-corrected chi connectivity index (χ3v) is 2.24. The third-order valence-electron chi connectivity index (χ3n) is 2.24. The van der Waals surface area contributed by atoms with E-state index in [0.717, 1.165) is 11.4 Å². The summed E-state index contributed by atoms with van der Waals surface area (Å²) in [6.45, 7) is 1.85. The fraction of sp³-hybridized carbons (Fsp3) is 0.167. The Hall–Kier alpha value is -2.10. The average molecular weight is 216 g/mol. The number of aliphatic carboxylic acids is 1. The van der Waals surface area contributed by atoms with Crippen molar-refractivity contribution in [3.63, 3.8) is 0 Å². The van der Waals surface area contributed by atoms with Crippen molar-refractivity contribution in [2.75, 3.05) is 0 Å². The maximum absolute atomic E-state index is 10.7. The smallest absolute Gasteiger partial charge is 0.309 e. The zero-order chi connectivity index (χ0) is 11.5. The second kappa shape index (κ2) is 4.18. The topological polar surface area (TPSA) is 55.1 Å². The minimum atomic E-state index is -0.850. The molecule has 4 heteroatoms. The number of aryl methyl sites for hydroxylation is 1. The molecule has 4 nitrogen and oxygen atoms in total. The molecule has 0 saturated heterocycles. The standard InChI is InChI=1S/C12H12N2O2/c1-9-7-11(8-12(15)16)14(13-9)10-5-3-2-4-6-10/h2-7H,8H2,1H3,(H,15,16). The summed E-state index contributed by atoms with van der Waals surface area (Å²) in [6.07, 6.45) is -0.0181. The molecule has 0 aliphatic rings. The van der Waals surface area contributed by atoms with Gasteiger partial charge in [-0.25, -0.2) is 4.68 Å². The Labute approximate surface area is 93.1 Å². The first kappa shape index (κ1) is 10.4. The van der Waals surface area contributed by atoms with E-state index in [1.165, 1.54) is 0 Å². The zero-order valence-corrected chi connectivity index (χ0v) is 8.92. The molecule has 0 radical (unpaired) electrons. The lowest BCUT2D eigenvalue weighted by atomic mass is 10.2. The van der Waals surface area contributed by atoms with Crippen LogP contribution in [0.4, 0.5) is 0 Å². The molecule has 0 bridgehead atoms. The van der Waals surface area contributed by atoms with Gasteiger partial charge in [0.05, 0.1) is 23.5 Å². The molecule has 0 aliphatic carbocycles. The summed E-state index contributed by atoms with van der Waals surface area (Å²) in [5.41, 5.74) is 2.39. The first-order chi connectivity index (χ1) is 7.66. The van der Waals surface area contributed by atoms with Crippen LogP contribution in [0.25, 0.3) is 5.69 Å². The lowest BCUT2D eigenvalue weighted by Crippen LogP contribution is -2.07. The molecule has 0 unspecified atom stereocenters. The zero-order valence-electron chi connectivity index (χ0n) is 8.92. The average Bonchev–Trinajstić information content (AvgIpc) is 2.60. The number of benzene rings is 1. The first-order valence-electron chi connectivity index (χ1n) is 4.99. The number of carboxylic acid groups (broad SMARTS) is 1. The number of aromatic nitrogens is 2. The Balaban J connectivity index is 2.44. The highest BCUT2D eigenvalue weighted by atomic mass is 16.4. The van der Waals surface area contributed by atoms with Crippen LogP contribution in [0.15, 0.2) is 36.4 Å².